The maximum absolute atomic E-state index is 12.4. The van der Waals surface area contributed by atoms with E-state index in [0.29, 0.717) is 11.8 Å². The van der Waals surface area contributed by atoms with E-state index in [1.807, 2.05) is 6.07 Å². The number of likely N-dealkylation sites (tertiary alicyclic amines) is 1. The van der Waals surface area contributed by atoms with Crippen LogP contribution in [-0.2, 0) is 0 Å². The number of hydrogen-bond acceptors (Lipinski definition) is 5. The minimum atomic E-state index is -0.639. The van der Waals surface area contributed by atoms with Crippen LogP contribution in [0.15, 0.2) is 42.5 Å². The van der Waals surface area contributed by atoms with Crippen LogP contribution in [0.5, 0.6) is 0 Å². The summed E-state index contributed by atoms with van der Waals surface area (Å²) in [5.74, 6) is 1.16. The van der Waals surface area contributed by atoms with Crippen LogP contribution in [0.25, 0.3) is 0 Å². The summed E-state index contributed by atoms with van der Waals surface area (Å²) in [5, 5.41) is 12.4. The van der Waals surface area contributed by atoms with Gasteiger partial charge in [0.15, 0.2) is 0 Å². The van der Waals surface area contributed by atoms with Crippen molar-refractivity contribution in [3.63, 3.8) is 0 Å². The van der Waals surface area contributed by atoms with Crippen LogP contribution in [0.4, 0.5) is 0 Å². The van der Waals surface area contributed by atoms with Gasteiger partial charge in [-0.2, -0.15) is 0 Å². The number of aliphatic hydroxyl groups is 1. The van der Waals surface area contributed by atoms with Crippen molar-refractivity contribution in [3.8, 4) is 0 Å². The Labute approximate surface area is 226 Å². The first-order chi connectivity index (χ1) is 17.3. The molecule has 1 N–H and O–H groups in total. The Balaban J connectivity index is 1.19. The van der Waals surface area contributed by atoms with Crippen LogP contribution >= 0.6 is 0 Å². The molecule has 198 valence electrons. The fourth-order valence-electron chi connectivity index (χ4n) is 8.97. The molecule has 5 aliphatic rings. The predicted molar refractivity (Wildman–Crippen MR) is 139 cm³/mol. The maximum atomic E-state index is 12.4. The molecule has 2 heterocycles. The molecular formula is C30H42IN2O3-. The second-order valence-electron chi connectivity index (χ2n) is 12.7. The summed E-state index contributed by atoms with van der Waals surface area (Å²) < 4.78 is 11.6. The molecule has 0 bridgehead atoms. The van der Waals surface area contributed by atoms with Crippen molar-refractivity contribution in [1.82, 2.24) is 4.90 Å². The molecule has 6 heteroatoms. The van der Waals surface area contributed by atoms with Gasteiger partial charge >= 0.3 is 212 Å². The fourth-order valence-corrected chi connectivity index (χ4v) is 11.1. The molecule has 0 unspecified atom stereocenters. The van der Waals surface area contributed by atoms with E-state index in [2.05, 4.69) is 24.8 Å². The third-order valence-electron chi connectivity index (χ3n) is 11.1. The monoisotopic (exact) mass is 605 g/mol. The molecule has 0 amide bonds. The summed E-state index contributed by atoms with van der Waals surface area (Å²) in [7, 11) is 0. The fraction of sp³-hybridized carbons (Fsp3) is 0.733. The first-order valence-corrected chi connectivity index (χ1v) is 16.7. The van der Waals surface area contributed by atoms with Gasteiger partial charge in [-0.1, -0.05) is 0 Å². The standard InChI is InChI=1S/C30H42IN2O3/c1-28-13-10-23(32-31-20-33-16-4-3-5-17-33)18-22(28)7-8-26-25(28)11-14-29(2)24(12-15-30(26,29)35)21-6-9-27(34)36-19-21/h6,9,18-19,24-26,35H,3-5,7-8,10-17,20H2,1-2H3/q-1/t24-,25+,26-,28+,29-,30+/m1/s1. The van der Waals surface area contributed by atoms with Crippen molar-refractivity contribution < 1.29 is 31.0 Å². The number of fused-ring (bicyclic) bond motifs is 5. The molecular weight excluding hydrogens is 563 g/mol. The SMILES string of the molecule is C[C@]12CCC(=N[I-]CN3CCCCC3)C=C1CC[C@@H]1[C@@H]2CC[C@]2(C)[C@@H](c3ccc(=O)oc3)CC[C@]12O. The Morgan fingerprint density at radius 1 is 1.06 bits per heavy atom. The molecule has 5 nitrogen and oxygen atoms in total. The van der Waals surface area contributed by atoms with Crippen molar-refractivity contribution in [2.45, 2.75) is 96.0 Å². The molecule has 36 heavy (non-hydrogen) atoms. The molecule has 0 aromatic carbocycles. The van der Waals surface area contributed by atoms with Gasteiger partial charge in [0.25, 0.3) is 0 Å². The van der Waals surface area contributed by atoms with E-state index in [-0.39, 0.29) is 43.9 Å². The van der Waals surface area contributed by atoms with Crippen LogP contribution in [0.1, 0.15) is 96.0 Å². The molecule has 6 rings (SSSR count). The Hall–Kier alpha value is -0.990. The molecule has 0 radical (unpaired) electrons. The van der Waals surface area contributed by atoms with Gasteiger partial charge < -0.3 is 4.42 Å². The summed E-state index contributed by atoms with van der Waals surface area (Å²) in [4.78, 5) is 14.2. The number of hydrogen-bond donors (Lipinski definition) is 1. The molecule has 1 aromatic heterocycles. The number of alkyl halides is 1. The van der Waals surface area contributed by atoms with E-state index in [4.69, 9.17) is 7.62 Å². The predicted octanol–water partition coefficient (Wildman–Crippen LogP) is 2.69. The molecule has 1 aliphatic heterocycles. The van der Waals surface area contributed by atoms with Crippen LogP contribution in [0.2, 0.25) is 0 Å². The molecule has 4 fully saturated rings. The summed E-state index contributed by atoms with van der Waals surface area (Å²) >= 11 is -0.135. The van der Waals surface area contributed by atoms with Crippen LogP contribution in [0, 0.1) is 22.7 Å². The van der Waals surface area contributed by atoms with Crippen molar-refractivity contribution in [2.75, 3.05) is 17.6 Å². The second kappa shape index (κ2) is 9.64. The molecule has 6 atom stereocenters. The van der Waals surface area contributed by atoms with Gasteiger partial charge in [-0.3, -0.25) is 0 Å². The quantitative estimate of drug-likeness (QED) is 0.326. The second-order valence-corrected chi connectivity index (χ2v) is 14.5. The van der Waals surface area contributed by atoms with Crippen molar-refractivity contribution in [2.24, 2.45) is 25.9 Å². The van der Waals surface area contributed by atoms with Gasteiger partial charge in [0.05, 0.1) is 0 Å². The Kier molecular flexibility index (Phi) is 6.77. The van der Waals surface area contributed by atoms with Crippen molar-refractivity contribution in [3.05, 3.63) is 46.0 Å². The van der Waals surface area contributed by atoms with Crippen molar-refractivity contribution in [1.29, 1.82) is 0 Å². The van der Waals surface area contributed by atoms with E-state index < -0.39 is 5.60 Å². The van der Waals surface area contributed by atoms with E-state index in [9.17, 15) is 9.90 Å². The van der Waals surface area contributed by atoms with Gasteiger partial charge in [0.1, 0.15) is 0 Å². The summed E-state index contributed by atoms with van der Waals surface area (Å²) in [6, 6.07) is 3.47. The zero-order chi connectivity index (χ0) is 25.0. The first kappa shape index (κ1) is 25.3. The normalized spacial score (nSPS) is 42.0. The van der Waals surface area contributed by atoms with E-state index >= 15 is 0 Å². The molecule has 4 aliphatic carbocycles. The molecule has 0 spiro atoms. The minimum absolute atomic E-state index is 0.135. The Morgan fingerprint density at radius 2 is 1.89 bits per heavy atom. The number of nitrogens with zero attached hydrogens (tertiary/aromatic N) is 2. The number of halogens is 1. The van der Waals surface area contributed by atoms with E-state index in [1.54, 1.807) is 11.8 Å². The molecule has 3 saturated carbocycles. The third kappa shape index (κ3) is 4.08. The van der Waals surface area contributed by atoms with Gasteiger partial charge in [0, 0.05) is 6.07 Å². The summed E-state index contributed by atoms with van der Waals surface area (Å²) in [6.07, 6.45) is 16.8. The number of piperidine rings is 1. The number of rotatable bonds is 4. The van der Waals surface area contributed by atoms with Gasteiger partial charge in [-0.25, -0.2) is 4.79 Å². The van der Waals surface area contributed by atoms with Gasteiger partial charge in [0.2, 0.25) is 0 Å². The van der Waals surface area contributed by atoms with Gasteiger partial charge in [-0.15, -0.1) is 0 Å². The van der Waals surface area contributed by atoms with Crippen LogP contribution < -0.4 is 27.1 Å². The summed E-state index contributed by atoms with van der Waals surface area (Å²) in [5.41, 5.74) is 3.15. The Morgan fingerprint density at radius 3 is 2.67 bits per heavy atom. The first-order valence-electron chi connectivity index (χ1n) is 14.2. The number of allylic oxidation sites excluding steroid dienone is 2. The zero-order valence-electron chi connectivity index (χ0n) is 22.0. The average molecular weight is 606 g/mol. The zero-order valence-corrected chi connectivity index (χ0v) is 24.1. The van der Waals surface area contributed by atoms with E-state index in [0.717, 1.165) is 44.1 Å². The van der Waals surface area contributed by atoms with E-state index in [1.165, 1.54) is 61.5 Å². The topological polar surface area (TPSA) is 66.0 Å². The van der Waals surface area contributed by atoms with Crippen molar-refractivity contribution >= 4 is 5.71 Å². The third-order valence-corrected chi connectivity index (χ3v) is 13.4. The summed E-state index contributed by atoms with van der Waals surface area (Å²) in [6.45, 7) is 7.36. The molecule has 1 saturated heterocycles. The Bertz CT molecular complexity index is 1090. The molecule has 1 aromatic rings. The van der Waals surface area contributed by atoms with Gasteiger partial charge in [-0.05, 0) is 0 Å². The van der Waals surface area contributed by atoms with Crippen LogP contribution in [-0.4, -0.2) is 39.0 Å². The van der Waals surface area contributed by atoms with Crippen LogP contribution in [0.3, 0.4) is 0 Å². The average Bonchev–Trinajstić information content (AvgIpc) is 3.16.